The third-order valence-electron chi connectivity index (χ3n) is 3.15. The maximum Gasteiger partial charge on any atom is 0.119 e. The lowest BCUT2D eigenvalue weighted by Gasteiger charge is -2.29. The molecule has 1 saturated heterocycles. The quantitative estimate of drug-likeness (QED) is 0.834. The van der Waals surface area contributed by atoms with Crippen LogP contribution in [0, 0.1) is 0 Å². The lowest BCUT2D eigenvalue weighted by Crippen LogP contribution is -2.43. The summed E-state index contributed by atoms with van der Waals surface area (Å²) in [4.78, 5) is 2.41. The van der Waals surface area contributed by atoms with Gasteiger partial charge in [0.25, 0.3) is 0 Å². The predicted molar refractivity (Wildman–Crippen MR) is 65.2 cm³/mol. The van der Waals surface area contributed by atoms with Gasteiger partial charge in [-0.05, 0) is 37.1 Å². The molecule has 1 heterocycles. The Morgan fingerprint density at radius 1 is 1.06 bits per heavy atom. The second-order valence-electron chi connectivity index (χ2n) is 4.55. The molecular weight excluding hydrogens is 200 g/mol. The largest absolute Gasteiger partial charge is 0.490 e. The van der Waals surface area contributed by atoms with Gasteiger partial charge in [0.15, 0.2) is 0 Å². The van der Waals surface area contributed by atoms with Crippen LogP contribution >= 0.6 is 0 Å². The number of anilines is 1. The molecule has 1 N–H and O–H groups in total. The van der Waals surface area contributed by atoms with Crippen molar-refractivity contribution in [2.75, 3.05) is 31.1 Å². The number of nitrogens with zero attached hydrogens (tertiary/aromatic N) is 1. The van der Waals surface area contributed by atoms with Crippen LogP contribution in [0.25, 0.3) is 0 Å². The minimum atomic E-state index is 0.491. The number of nitrogens with one attached hydrogen (secondary N) is 1. The molecule has 0 aromatic heterocycles. The molecule has 2 aliphatic rings. The maximum atomic E-state index is 5.74. The van der Waals surface area contributed by atoms with Gasteiger partial charge < -0.3 is 15.0 Å². The van der Waals surface area contributed by atoms with E-state index >= 15 is 0 Å². The summed E-state index contributed by atoms with van der Waals surface area (Å²) in [6, 6.07) is 8.53. The average molecular weight is 218 g/mol. The van der Waals surface area contributed by atoms with E-state index in [9.17, 15) is 0 Å². The summed E-state index contributed by atoms with van der Waals surface area (Å²) in [5.74, 6) is 1.02. The summed E-state index contributed by atoms with van der Waals surface area (Å²) >= 11 is 0. The van der Waals surface area contributed by atoms with E-state index in [-0.39, 0.29) is 0 Å². The minimum absolute atomic E-state index is 0.491. The Morgan fingerprint density at radius 3 is 2.38 bits per heavy atom. The molecule has 86 valence electrons. The fourth-order valence-electron chi connectivity index (χ4n) is 2.04. The van der Waals surface area contributed by atoms with E-state index in [4.69, 9.17) is 4.74 Å². The van der Waals surface area contributed by atoms with Crippen molar-refractivity contribution in [2.45, 2.75) is 18.9 Å². The van der Waals surface area contributed by atoms with Crippen molar-refractivity contribution in [3.05, 3.63) is 24.3 Å². The zero-order valence-electron chi connectivity index (χ0n) is 9.48. The number of benzene rings is 1. The Morgan fingerprint density at radius 2 is 1.75 bits per heavy atom. The standard InChI is InChI=1S/C13H18N2O/c1-3-12(16-13-5-6-13)4-2-11(1)15-9-7-14-8-10-15/h1-4,13-14H,5-10H2. The topological polar surface area (TPSA) is 24.5 Å². The zero-order valence-corrected chi connectivity index (χ0v) is 9.48. The van der Waals surface area contributed by atoms with Crippen LogP contribution in [0.5, 0.6) is 5.75 Å². The van der Waals surface area contributed by atoms with Crippen LogP contribution in [0.2, 0.25) is 0 Å². The van der Waals surface area contributed by atoms with E-state index in [0.29, 0.717) is 6.10 Å². The van der Waals surface area contributed by atoms with Gasteiger partial charge in [-0.2, -0.15) is 0 Å². The number of rotatable bonds is 3. The fourth-order valence-corrected chi connectivity index (χ4v) is 2.04. The highest BCUT2D eigenvalue weighted by molar-refractivity contribution is 5.49. The van der Waals surface area contributed by atoms with E-state index in [0.717, 1.165) is 31.9 Å². The summed E-state index contributed by atoms with van der Waals surface area (Å²) in [7, 11) is 0. The summed E-state index contributed by atoms with van der Waals surface area (Å²) in [6.45, 7) is 4.37. The van der Waals surface area contributed by atoms with Gasteiger partial charge in [-0.25, -0.2) is 0 Å². The molecule has 0 bridgehead atoms. The molecular formula is C13H18N2O. The zero-order chi connectivity index (χ0) is 10.8. The second-order valence-corrected chi connectivity index (χ2v) is 4.55. The van der Waals surface area contributed by atoms with Crippen LogP contribution in [-0.2, 0) is 0 Å². The van der Waals surface area contributed by atoms with E-state index in [2.05, 4.69) is 34.5 Å². The highest BCUT2D eigenvalue weighted by Gasteiger charge is 2.23. The third kappa shape index (κ3) is 2.30. The number of hydrogen-bond donors (Lipinski definition) is 1. The fraction of sp³-hybridized carbons (Fsp3) is 0.538. The molecule has 0 amide bonds. The van der Waals surface area contributed by atoms with Crippen molar-refractivity contribution in [1.82, 2.24) is 5.32 Å². The molecule has 3 rings (SSSR count). The van der Waals surface area contributed by atoms with Crippen molar-refractivity contribution in [2.24, 2.45) is 0 Å². The Balaban J connectivity index is 1.65. The van der Waals surface area contributed by atoms with Gasteiger partial charge in [0.2, 0.25) is 0 Å². The summed E-state index contributed by atoms with van der Waals surface area (Å²) in [5, 5.41) is 3.36. The van der Waals surface area contributed by atoms with E-state index in [1.165, 1.54) is 18.5 Å². The van der Waals surface area contributed by atoms with Crippen molar-refractivity contribution in [3.63, 3.8) is 0 Å². The van der Waals surface area contributed by atoms with Crippen LogP contribution in [0.1, 0.15) is 12.8 Å². The molecule has 0 radical (unpaired) electrons. The molecule has 1 aliphatic heterocycles. The Labute approximate surface area is 96.4 Å². The van der Waals surface area contributed by atoms with Crippen LogP contribution in [0.15, 0.2) is 24.3 Å². The first-order valence-electron chi connectivity index (χ1n) is 6.14. The lowest BCUT2D eigenvalue weighted by atomic mass is 10.2. The van der Waals surface area contributed by atoms with Crippen molar-refractivity contribution in [1.29, 1.82) is 0 Å². The highest BCUT2D eigenvalue weighted by atomic mass is 16.5. The summed E-state index contributed by atoms with van der Waals surface area (Å²) in [6.07, 6.45) is 2.93. The Bertz CT molecular complexity index is 339. The van der Waals surface area contributed by atoms with E-state index < -0.39 is 0 Å². The normalized spacial score (nSPS) is 20.9. The van der Waals surface area contributed by atoms with Crippen molar-refractivity contribution < 1.29 is 4.74 Å². The van der Waals surface area contributed by atoms with Crippen molar-refractivity contribution >= 4 is 5.69 Å². The number of piperazine rings is 1. The van der Waals surface area contributed by atoms with Gasteiger partial charge in [-0.15, -0.1) is 0 Å². The highest BCUT2D eigenvalue weighted by Crippen LogP contribution is 2.28. The van der Waals surface area contributed by atoms with Gasteiger partial charge in [0, 0.05) is 31.9 Å². The molecule has 3 nitrogen and oxygen atoms in total. The second kappa shape index (κ2) is 4.34. The van der Waals surface area contributed by atoms with Crippen LogP contribution in [0.3, 0.4) is 0 Å². The smallest absolute Gasteiger partial charge is 0.119 e. The van der Waals surface area contributed by atoms with Crippen LogP contribution < -0.4 is 15.0 Å². The summed E-state index contributed by atoms with van der Waals surface area (Å²) in [5.41, 5.74) is 1.31. The van der Waals surface area contributed by atoms with E-state index in [1.54, 1.807) is 0 Å². The van der Waals surface area contributed by atoms with Gasteiger partial charge in [0.1, 0.15) is 5.75 Å². The summed E-state index contributed by atoms with van der Waals surface area (Å²) < 4.78 is 5.74. The first-order valence-corrected chi connectivity index (χ1v) is 6.14. The minimum Gasteiger partial charge on any atom is -0.490 e. The number of hydrogen-bond acceptors (Lipinski definition) is 3. The van der Waals surface area contributed by atoms with Gasteiger partial charge in [-0.3, -0.25) is 0 Å². The molecule has 16 heavy (non-hydrogen) atoms. The molecule has 1 aliphatic carbocycles. The average Bonchev–Trinajstić information content (AvgIpc) is 3.15. The van der Waals surface area contributed by atoms with Gasteiger partial charge >= 0.3 is 0 Å². The van der Waals surface area contributed by atoms with Gasteiger partial charge in [-0.1, -0.05) is 0 Å². The molecule has 2 fully saturated rings. The Hall–Kier alpha value is -1.22. The molecule has 0 unspecified atom stereocenters. The predicted octanol–water partition coefficient (Wildman–Crippen LogP) is 1.64. The van der Waals surface area contributed by atoms with Crippen LogP contribution in [0.4, 0.5) is 5.69 Å². The molecule has 1 aromatic carbocycles. The molecule has 0 spiro atoms. The molecule has 0 atom stereocenters. The Kier molecular flexibility index (Phi) is 2.70. The van der Waals surface area contributed by atoms with Gasteiger partial charge in [0.05, 0.1) is 6.10 Å². The third-order valence-corrected chi connectivity index (χ3v) is 3.15. The first kappa shape index (κ1) is 9.97. The SMILES string of the molecule is c1cc(N2CCNCC2)ccc1OC1CC1. The molecule has 1 aromatic rings. The van der Waals surface area contributed by atoms with Crippen molar-refractivity contribution in [3.8, 4) is 5.75 Å². The first-order chi connectivity index (χ1) is 7.92. The van der Waals surface area contributed by atoms with E-state index in [1.807, 2.05) is 0 Å². The number of ether oxygens (including phenoxy) is 1. The van der Waals surface area contributed by atoms with Crippen LogP contribution in [-0.4, -0.2) is 32.3 Å². The monoisotopic (exact) mass is 218 g/mol. The molecule has 1 saturated carbocycles. The maximum absolute atomic E-state index is 5.74. The molecule has 3 heteroatoms. The lowest BCUT2D eigenvalue weighted by molar-refractivity contribution is 0.303.